The van der Waals surface area contributed by atoms with Gasteiger partial charge in [0.1, 0.15) is 19.8 Å². The smallest absolute Gasteiger partial charge is 0.408 e. The number of amides is 2. The van der Waals surface area contributed by atoms with Crippen molar-refractivity contribution in [1.82, 2.24) is 10.2 Å². The lowest BCUT2D eigenvalue weighted by Gasteiger charge is -2.19. The third kappa shape index (κ3) is 4.41. The molecule has 0 unspecified atom stereocenters. The van der Waals surface area contributed by atoms with E-state index in [-0.39, 0.29) is 26.1 Å². The molecule has 0 aliphatic carbocycles. The molecule has 1 saturated heterocycles. The summed E-state index contributed by atoms with van der Waals surface area (Å²) < 4.78 is 4.66. The van der Waals surface area contributed by atoms with E-state index in [0.717, 1.165) is 4.90 Å². The maximum absolute atomic E-state index is 11.9. The first kappa shape index (κ1) is 15.7. The topological polar surface area (TPSA) is 118 Å². The van der Waals surface area contributed by atoms with Gasteiger partial charge in [0.2, 0.25) is 5.91 Å². The molecule has 20 heavy (non-hydrogen) atoms. The van der Waals surface area contributed by atoms with Crippen LogP contribution in [0.5, 0.6) is 0 Å². The Labute approximate surface area is 115 Å². The van der Waals surface area contributed by atoms with Crippen molar-refractivity contribution in [3.05, 3.63) is 0 Å². The first-order valence-corrected chi connectivity index (χ1v) is 5.95. The van der Waals surface area contributed by atoms with Crippen molar-refractivity contribution >= 4 is 23.7 Å². The van der Waals surface area contributed by atoms with E-state index in [1.165, 1.54) is 14.0 Å². The highest BCUT2D eigenvalue weighted by Gasteiger charge is 2.37. The molecule has 0 spiro atoms. The van der Waals surface area contributed by atoms with Gasteiger partial charge in [-0.05, 0) is 0 Å². The van der Waals surface area contributed by atoms with Crippen molar-refractivity contribution in [1.29, 1.82) is 0 Å². The Bertz CT molecular complexity index is 422. The van der Waals surface area contributed by atoms with E-state index in [4.69, 9.17) is 5.11 Å². The summed E-state index contributed by atoms with van der Waals surface area (Å²) in [5, 5.41) is 15.2. The van der Waals surface area contributed by atoms with Gasteiger partial charge in [-0.2, -0.15) is 0 Å². The minimum Gasteiger partial charge on any atom is -0.465 e. The maximum Gasteiger partial charge on any atom is 0.408 e. The van der Waals surface area contributed by atoms with E-state index in [1.807, 2.05) is 0 Å². The van der Waals surface area contributed by atoms with Crippen LogP contribution in [0.3, 0.4) is 0 Å². The van der Waals surface area contributed by atoms with Crippen LogP contribution < -0.4 is 5.32 Å². The number of likely N-dealkylation sites (tertiary alicyclic amines) is 1. The lowest BCUT2D eigenvalue weighted by Crippen LogP contribution is -2.46. The van der Waals surface area contributed by atoms with Gasteiger partial charge in [0.15, 0.2) is 0 Å². The summed E-state index contributed by atoms with van der Waals surface area (Å²) >= 11 is 0. The first-order chi connectivity index (χ1) is 9.45. The maximum atomic E-state index is 11.9. The molecule has 0 bridgehead atoms. The standard InChI is InChI=1S/C11H17N3O6/c1-7(15)20-4-3-12-10(16)9-5-8(13-19-2)6-14(9)11(17)18/h9H,3-6H2,1-2H3,(H,12,16)(H,17,18)/b13-8+/t9-/m0/s1. The molecule has 1 heterocycles. The lowest BCUT2D eigenvalue weighted by atomic mass is 10.2. The second-order valence-corrected chi connectivity index (χ2v) is 4.10. The highest BCUT2D eigenvalue weighted by molar-refractivity contribution is 5.99. The second-order valence-electron chi connectivity index (χ2n) is 4.10. The summed E-state index contributed by atoms with van der Waals surface area (Å²) in [5.41, 5.74) is 0.482. The van der Waals surface area contributed by atoms with E-state index in [9.17, 15) is 14.4 Å². The Morgan fingerprint density at radius 3 is 2.75 bits per heavy atom. The molecule has 0 aromatic rings. The Balaban J connectivity index is 2.54. The highest BCUT2D eigenvalue weighted by Crippen LogP contribution is 2.16. The fraction of sp³-hybridized carbons (Fsp3) is 0.636. The first-order valence-electron chi connectivity index (χ1n) is 5.95. The molecular weight excluding hydrogens is 270 g/mol. The number of esters is 1. The predicted octanol–water partition coefficient (Wildman–Crippen LogP) is -0.580. The number of hydrogen-bond acceptors (Lipinski definition) is 6. The van der Waals surface area contributed by atoms with Gasteiger partial charge in [0, 0.05) is 13.3 Å². The Hall–Kier alpha value is -2.32. The van der Waals surface area contributed by atoms with Gasteiger partial charge in [0.05, 0.1) is 18.8 Å². The molecule has 1 atom stereocenters. The summed E-state index contributed by atoms with van der Waals surface area (Å²) in [4.78, 5) is 39.1. The van der Waals surface area contributed by atoms with Crippen molar-refractivity contribution < 1.29 is 29.1 Å². The van der Waals surface area contributed by atoms with Crippen molar-refractivity contribution in [3.8, 4) is 0 Å². The molecule has 9 nitrogen and oxygen atoms in total. The van der Waals surface area contributed by atoms with Gasteiger partial charge in [-0.3, -0.25) is 14.5 Å². The number of hydrogen-bond donors (Lipinski definition) is 2. The molecule has 0 radical (unpaired) electrons. The fourth-order valence-electron chi connectivity index (χ4n) is 1.82. The van der Waals surface area contributed by atoms with Crippen LogP contribution >= 0.6 is 0 Å². The van der Waals surface area contributed by atoms with Gasteiger partial charge in [-0.25, -0.2) is 4.79 Å². The van der Waals surface area contributed by atoms with Gasteiger partial charge < -0.3 is 20.0 Å². The summed E-state index contributed by atoms with van der Waals surface area (Å²) in [6, 6.07) is -0.848. The van der Waals surface area contributed by atoms with Crippen molar-refractivity contribution in [2.45, 2.75) is 19.4 Å². The van der Waals surface area contributed by atoms with Crippen LogP contribution in [-0.4, -0.2) is 66.5 Å². The molecule has 0 saturated carbocycles. The van der Waals surface area contributed by atoms with Gasteiger partial charge in [0.25, 0.3) is 0 Å². The quantitative estimate of drug-likeness (QED) is 0.397. The van der Waals surface area contributed by atoms with E-state index in [2.05, 4.69) is 20.0 Å². The summed E-state index contributed by atoms with van der Waals surface area (Å²) in [6.45, 7) is 1.46. The number of rotatable bonds is 5. The molecule has 1 fully saturated rings. The molecule has 0 aromatic heterocycles. The number of carbonyl (C=O) groups excluding carboxylic acids is 2. The Morgan fingerprint density at radius 1 is 1.50 bits per heavy atom. The van der Waals surface area contributed by atoms with Gasteiger partial charge in [-0.15, -0.1) is 0 Å². The fourth-order valence-corrected chi connectivity index (χ4v) is 1.82. The molecule has 1 aliphatic rings. The van der Waals surface area contributed by atoms with E-state index < -0.39 is 24.0 Å². The number of oxime groups is 1. The van der Waals surface area contributed by atoms with Gasteiger partial charge >= 0.3 is 12.1 Å². The normalized spacial score (nSPS) is 19.8. The van der Waals surface area contributed by atoms with Crippen molar-refractivity contribution in [2.24, 2.45) is 5.16 Å². The second kappa shape index (κ2) is 7.31. The number of carboxylic acid groups (broad SMARTS) is 1. The van der Waals surface area contributed by atoms with Crippen LogP contribution in [-0.2, 0) is 19.2 Å². The molecule has 0 aromatic carbocycles. The molecule has 112 valence electrons. The predicted molar refractivity (Wildman–Crippen MR) is 67.2 cm³/mol. The van der Waals surface area contributed by atoms with Crippen LogP contribution in [0.1, 0.15) is 13.3 Å². The number of nitrogens with one attached hydrogen (secondary N) is 1. The molecular formula is C11H17N3O6. The zero-order valence-corrected chi connectivity index (χ0v) is 11.3. The summed E-state index contributed by atoms with van der Waals surface area (Å²) in [5.74, 6) is -0.900. The number of ether oxygens (including phenoxy) is 1. The number of carbonyl (C=O) groups is 3. The minimum atomic E-state index is -1.20. The molecule has 1 aliphatic heterocycles. The Kier molecular flexibility index (Phi) is 5.75. The summed E-state index contributed by atoms with van der Waals surface area (Å²) in [7, 11) is 1.35. The third-order valence-corrected chi connectivity index (χ3v) is 2.63. The molecule has 9 heteroatoms. The zero-order chi connectivity index (χ0) is 15.1. The van der Waals surface area contributed by atoms with Crippen LogP contribution in [0.2, 0.25) is 0 Å². The molecule has 2 N–H and O–H groups in total. The Morgan fingerprint density at radius 2 is 2.20 bits per heavy atom. The largest absolute Gasteiger partial charge is 0.465 e. The zero-order valence-electron chi connectivity index (χ0n) is 11.3. The van der Waals surface area contributed by atoms with Crippen LogP contribution in [0, 0.1) is 0 Å². The van der Waals surface area contributed by atoms with Gasteiger partial charge in [-0.1, -0.05) is 5.16 Å². The third-order valence-electron chi connectivity index (χ3n) is 2.63. The minimum absolute atomic E-state index is 0.0329. The van der Waals surface area contributed by atoms with Crippen molar-refractivity contribution in [2.75, 3.05) is 26.8 Å². The molecule has 2 amide bonds. The van der Waals surface area contributed by atoms with Crippen LogP contribution in [0.25, 0.3) is 0 Å². The number of nitrogens with zero attached hydrogens (tertiary/aromatic N) is 2. The lowest BCUT2D eigenvalue weighted by molar-refractivity contribution is -0.141. The highest BCUT2D eigenvalue weighted by atomic mass is 16.6. The average molecular weight is 287 g/mol. The molecule has 1 rings (SSSR count). The monoisotopic (exact) mass is 287 g/mol. The van der Waals surface area contributed by atoms with E-state index in [1.54, 1.807) is 0 Å². The van der Waals surface area contributed by atoms with Crippen LogP contribution in [0.4, 0.5) is 4.79 Å². The van der Waals surface area contributed by atoms with Crippen LogP contribution in [0.15, 0.2) is 5.16 Å². The SMILES string of the molecule is CO/N=C1\C[C@@H](C(=O)NCCOC(C)=O)N(C(=O)O)C1. The van der Waals surface area contributed by atoms with E-state index in [0.29, 0.717) is 5.71 Å². The van der Waals surface area contributed by atoms with Crippen molar-refractivity contribution in [3.63, 3.8) is 0 Å². The summed E-state index contributed by atoms with van der Waals surface area (Å²) in [6.07, 6.45) is -1.02. The van der Waals surface area contributed by atoms with E-state index >= 15 is 0 Å². The average Bonchev–Trinajstić information content (AvgIpc) is 2.79.